The van der Waals surface area contributed by atoms with Gasteiger partial charge in [-0.15, -0.1) is 0 Å². The average molecular weight is 282 g/mol. The molecule has 118 valence electrons. The fourth-order valence-corrected chi connectivity index (χ4v) is 4.86. The summed E-state index contributed by atoms with van der Waals surface area (Å²) in [5.74, 6) is 8.32. The number of hydrazine groups is 1. The fourth-order valence-electron chi connectivity index (χ4n) is 4.86. The van der Waals surface area contributed by atoms with E-state index in [0.29, 0.717) is 12.0 Å². The first-order chi connectivity index (χ1) is 9.65. The highest BCUT2D eigenvalue weighted by molar-refractivity contribution is 5.00. The van der Waals surface area contributed by atoms with Gasteiger partial charge in [0, 0.05) is 7.11 Å². The standard InChI is InChI=1S/C17H34N2O/c1-4-14-8-5-9-15(11-14)16(19-18)17(20-3)10-6-7-13(2)12-17/h13-16,19H,4-12,18H2,1-3H3. The number of hydrogen-bond donors (Lipinski definition) is 2. The molecular formula is C17H34N2O. The molecule has 0 amide bonds. The van der Waals surface area contributed by atoms with Crippen LogP contribution in [0.5, 0.6) is 0 Å². The van der Waals surface area contributed by atoms with Crippen LogP contribution in [0, 0.1) is 17.8 Å². The van der Waals surface area contributed by atoms with Crippen LogP contribution in [0.1, 0.15) is 71.6 Å². The van der Waals surface area contributed by atoms with Gasteiger partial charge in [0.15, 0.2) is 0 Å². The van der Waals surface area contributed by atoms with E-state index in [4.69, 9.17) is 10.6 Å². The SMILES string of the molecule is CCC1CCCC(C(NN)C2(OC)CCCC(C)C2)C1. The number of ether oxygens (including phenoxy) is 1. The van der Waals surface area contributed by atoms with Crippen molar-refractivity contribution in [3.05, 3.63) is 0 Å². The Morgan fingerprint density at radius 3 is 2.70 bits per heavy atom. The maximum Gasteiger partial charge on any atom is 0.0849 e. The van der Waals surface area contributed by atoms with E-state index in [1.54, 1.807) is 0 Å². The second-order valence-corrected chi connectivity index (χ2v) is 7.32. The van der Waals surface area contributed by atoms with E-state index in [-0.39, 0.29) is 5.60 Å². The average Bonchev–Trinajstić information content (AvgIpc) is 2.48. The van der Waals surface area contributed by atoms with Gasteiger partial charge in [0.1, 0.15) is 0 Å². The molecule has 5 atom stereocenters. The van der Waals surface area contributed by atoms with Crippen LogP contribution in [-0.2, 0) is 4.74 Å². The van der Waals surface area contributed by atoms with Crippen LogP contribution in [0.2, 0.25) is 0 Å². The number of hydrogen-bond acceptors (Lipinski definition) is 3. The van der Waals surface area contributed by atoms with E-state index in [0.717, 1.165) is 24.7 Å². The summed E-state index contributed by atoms with van der Waals surface area (Å²) in [6, 6.07) is 0.324. The second kappa shape index (κ2) is 7.24. The van der Waals surface area contributed by atoms with Gasteiger partial charge >= 0.3 is 0 Å². The van der Waals surface area contributed by atoms with Gasteiger partial charge in [0.2, 0.25) is 0 Å². The van der Waals surface area contributed by atoms with Crippen LogP contribution in [0.3, 0.4) is 0 Å². The Balaban J connectivity index is 2.12. The van der Waals surface area contributed by atoms with Crippen molar-refractivity contribution < 1.29 is 4.74 Å². The molecule has 2 rings (SSSR count). The number of rotatable bonds is 5. The van der Waals surface area contributed by atoms with Gasteiger partial charge in [0.25, 0.3) is 0 Å². The smallest absolute Gasteiger partial charge is 0.0849 e. The molecule has 0 bridgehead atoms. The highest BCUT2D eigenvalue weighted by atomic mass is 16.5. The zero-order chi connectivity index (χ0) is 14.6. The van der Waals surface area contributed by atoms with Gasteiger partial charge in [0.05, 0.1) is 11.6 Å². The van der Waals surface area contributed by atoms with Crippen molar-refractivity contribution in [1.29, 1.82) is 0 Å². The molecule has 3 heteroatoms. The molecule has 0 aromatic heterocycles. The summed E-state index contributed by atoms with van der Waals surface area (Å²) in [5, 5.41) is 0. The first-order valence-electron chi connectivity index (χ1n) is 8.66. The van der Waals surface area contributed by atoms with E-state index in [9.17, 15) is 0 Å². The lowest BCUT2D eigenvalue weighted by Crippen LogP contribution is -2.60. The first kappa shape index (κ1) is 16.3. The monoisotopic (exact) mass is 282 g/mol. The van der Waals surface area contributed by atoms with E-state index in [2.05, 4.69) is 19.3 Å². The first-order valence-corrected chi connectivity index (χ1v) is 8.66. The Morgan fingerprint density at radius 2 is 2.10 bits per heavy atom. The molecular weight excluding hydrogens is 248 g/mol. The third-order valence-corrected chi connectivity index (χ3v) is 6.02. The molecule has 5 unspecified atom stereocenters. The highest BCUT2D eigenvalue weighted by Gasteiger charge is 2.45. The fraction of sp³-hybridized carbons (Fsp3) is 1.00. The second-order valence-electron chi connectivity index (χ2n) is 7.32. The maximum atomic E-state index is 6.08. The molecule has 3 N–H and O–H groups in total. The van der Waals surface area contributed by atoms with Crippen LogP contribution in [-0.4, -0.2) is 18.8 Å². The molecule has 0 aromatic rings. The summed E-state index contributed by atoms with van der Waals surface area (Å²) in [6.45, 7) is 4.68. The zero-order valence-corrected chi connectivity index (χ0v) is 13.7. The van der Waals surface area contributed by atoms with Crippen molar-refractivity contribution in [2.75, 3.05) is 7.11 Å². The van der Waals surface area contributed by atoms with Crippen molar-refractivity contribution in [3.63, 3.8) is 0 Å². The van der Waals surface area contributed by atoms with Crippen LogP contribution in [0.15, 0.2) is 0 Å². The molecule has 2 fully saturated rings. The Morgan fingerprint density at radius 1 is 1.30 bits per heavy atom. The molecule has 3 nitrogen and oxygen atoms in total. The zero-order valence-electron chi connectivity index (χ0n) is 13.7. The minimum absolute atomic E-state index is 0.0350. The van der Waals surface area contributed by atoms with Crippen molar-refractivity contribution in [2.24, 2.45) is 23.6 Å². The normalized spacial score (nSPS) is 40.5. The summed E-state index contributed by atoms with van der Waals surface area (Å²) < 4.78 is 6.08. The van der Waals surface area contributed by atoms with Crippen molar-refractivity contribution in [3.8, 4) is 0 Å². The number of nitrogens with one attached hydrogen (secondary N) is 1. The molecule has 2 saturated carbocycles. The molecule has 2 aliphatic rings. The summed E-state index contributed by atoms with van der Waals surface area (Å²) in [6.07, 6.45) is 11.6. The summed E-state index contributed by atoms with van der Waals surface area (Å²) in [4.78, 5) is 0. The quantitative estimate of drug-likeness (QED) is 0.598. The van der Waals surface area contributed by atoms with Crippen molar-refractivity contribution in [1.82, 2.24) is 5.43 Å². The summed E-state index contributed by atoms with van der Waals surface area (Å²) in [5.41, 5.74) is 3.14. The van der Waals surface area contributed by atoms with Crippen molar-refractivity contribution in [2.45, 2.75) is 83.3 Å². The molecule has 0 saturated heterocycles. The Labute approximate surface area is 125 Å². The molecule has 2 aliphatic carbocycles. The summed E-state index contributed by atoms with van der Waals surface area (Å²) >= 11 is 0. The topological polar surface area (TPSA) is 47.3 Å². The molecule has 0 aromatic carbocycles. The predicted molar refractivity (Wildman–Crippen MR) is 84.2 cm³/mol. The largest absolute Gasteiger partial charge is 0.377 e. The third kappa shape index (κ3) is 3.37. The maximum absolute atomic E-state index is 6.08. The number of methoxy groups -OCH3 is 1. The molecule has 0 radical (unpaired) electrons. The van der Waals surface area contributed by atoms with E-state index in [1.807, 2.05) is 7.11 Å². The van der Waals surface area contributed by atoms with Crippen LogP contribution in [0.4, 0.5) is 0 Å². The van der Waals surface area contributed by atoms with Gasteiger partial charge in [-0.25, -0.2) is 0 Å². The predicted octanol–water partition coefficient (Wildman–Crippen LogP) is 3.63. The van der Waals surface area contributed by atoms with Gasteiger partial charge in [-0.3, -0.25) is 11.3 Å². The van der Waals surface area contributed by atoms with Gasteiger partial charge in [-0.2, -0.15) is 0 Å². The van der Waals surface area contributed by atoms with Gasteiger partial charge in [-0.1, -0.05) is 46.0 Å². The molecule has 0 aliphatic heterocycles. The Bertz CT molecular complexity index is 297. The van der Waals surface area contributed by atoms with Crippen LogP contribution >= 0.6 is 0 Å². The van der Waals surface area contributed by atoms with Crippen LogP contribution in [0.25, 0.3) is 0 Å². The van der Waals surface area contributed by atoms with E-state index >= 15 is 0 Å². The minimum Gasteiger partial charge on any atom is -0.377 e. The summed E-state index contributed by atoms with van der Waals surface area (Å²) in [7, 11) is 1.89. The lowest BCUT2D eigenvalue weighted by Gasteiger charge is -2.48. The Hall–Kier alpha value is -0.120. The molecule has 0 spiro atoms. The van der Waals surface area contributed by atoms with Gasteiger partial charge in [-0.05, 0) is 43.4 Å². The van der Waals surface area contributed by atoms with E-state index in [1.165, 1.54) is 44.9 Å². The van der Waals surface area contributed by atoms with E-state index < -0.39 is 0 Å². The minimum atomic E-state index is -0.0350. The third-order valence-electron chi connectivity index (χ3n) is 6.02. The van der Waals surface area contributed by atoms with Crippen LogP contribution < -0.4 is 11.3 Å². The lowest BCUT2D eigenvalue weighted by molar-refractivity contribution is -0.0978. The Kier molecular flexibility index (Phi) is 5.88. The highest BCUT2D eigenvalue weighted by Crippen LogP contribution is 2.43. The molecule has 0 heterocycles. The van der Waals surface area contributed by atoms with Gasteiger partial charge < -0.3 is 4.74 Å². The van der Waals surface area contributed by atoms with Crippen molar-refractivity contribution >= 4 is 0 Å². The number of nitrogens with two attached hydrogens (primary N) is 1. The molecule has 20 heavy (non-hydrogen) atoms. The lowest BCUT2D eigenvalue weighted by atomic mass is 9.67.